The van der Waals surface area contributed by atoms with Crippen LogP contribution in [0, 0.1) is 0 Å². The molecule has 1 N–H and O–H groups in total. The lowest BCUT2D eigenvalue weighted by Crippen LogP contribution is -2.07. The van der Waals surface area contributed by atoms with Crippen LogP contribution < -0.4 is 10.1 Å². The summed E-state index contributed by atoms with van der Waals surface area (Å²) in [6.45, 7) is 4.07. The third-order valence-corrected chi connectivity index (χ3v) is 3.82. The molecule has 5 nitrogen and oxygen atoms in total. The van der Waals surface area contributed by atoms with Gasteiger partial charge in [0.15, 0.2) is 0 Å². The van der Waals surface area contributed by atoms with Crippen LogP contribution in [0.4, 0.5) is 5.13 Å². The largest absolute Gasteiger partial charge is 0.497 e. The van der Waals surface area contributed by atoms with E-state index in [1.165, 1.54) is 17.4 Å². The molecule has 0 fully saturated rings. The lowest BCUT2D eigenvalue weighted by molar-refractivity contribution is -0.111. The summed E-state index contributed by atoms with van der Waals surface area (Å²) >= 11 is 1.39. The minimum Gasteiger partial charge on any atom is -0.497 e. The Hall–Kier alpha value is -2.21. The van der Waals surface area contributed by atoms with Crippen molar-refractivity contribution in [3.05, 3.63) is 40.9 Å². The van der Waals surface area contributed by atoms with Gasteiger partial charge in [-0.1, -0.05) is 37.3 Å². The number of benzene rings is 1. The first kappa shape index (κ1) is 15.2. The van der Waals surface area contributed by atoms with Crippen LogP contribution in [0.3, 0.4) is 0 Å². The van der Waals surface area contributed by atoms with Gasteiger partial charge in [-0.3, -0.25) is 10.1 Å². The van der Waals surface area contributed by atoms with Crippen LogP contribution in [-0.4, -0.2) is 23.2 Å². The van der Waals surface area contributed by atoms with Gasteiger partial charge in [0.2, 0.25) is 11.0 Å². The summed E-state index contributed by atoms with van der Waals surface area (Å²) in [5.41, 5.74) is 0.893. The maximum absolute atomic E-state index is 11.8. The monoisotopic (exact) mass is 303 g/mol. The average Bonchev–Trinajstić information content (AvgIpc) is 2.94. The van der Waals surface area contributed by atoms with Crippen molar-refractivity contribution in [1.82, 2.24) is 10.2 Å². The summed E-state index contributed by atoms with van der Waals surface area (Å²) in [5.74, 6) is 0.827. The Bertz CT molecular complexity index is 650. The second-order valence-electron chi connectivity index (χ2n) is 4.70. The zero-order chi connectivity index (χ0) is 15.2. The van der Waals surface area contributed by atoms with E-state index in [-0.39, 0.29) is 5.91 Å². The number of amides is 1. The number of ether oxygens (including phenoxy) is 1. The maximum atomic E-state index is 11.8. The van der Waals surface area contributed by atoms with E-state index in [4.69, 9.17) is 4.74 Å². The number of hydrogen-bond acceptors (Lipinski definition) is 5. The Kier molecular flexibility index (Phi) is 5.05. The van der Waals surface area contributed by atoms with Crippen molar-refractivity contribution < 1.29 is 9.53 Å². The van der Waals surface area contributed by atoms with Crippen LogP contribution >= 0.6 is 11.3 Å². The van der Waals surface area contributed by atoms with Gasteiger partial charge in [-0.25, -0.2) is 0 Å². The predicted octanol–water partition coefficient (Wildman–Crippen LogP) is 3.32. The zero-order valence-electron chi connectivity index (χ0n) is 12.2. The van der Waals surface area contributed by atoms with E-state index in [1.807, 2.05) is 38.1 Å². The van der Waals surface area contributed by atoms with Crippen molar-refractivity contribution in [3.63, 3.8) is 0 Å². The molecule has 1 heterocycles. The summed E-state index contributed by atoms with van der Waals surface area (Å²) in [6, 6.07) is 7.47. The molecule has 0 aliphatic carbocycles. The Morgan fingerprint density at radius 2 is 2.19 bits per heavy atom. The highest BCUT2D eigenvalue weighted by Crippen LogP contribution is 2.22. The number of carbonyl (C=O) groups is 1. The van der Waals surface area contributed by atoms with Crippen molar-refractivity contribution in [2.45, 2.75) is 19.8 Å². The molecule has 0 spiro atoms. The molecule has 0 aliphatic heterocycles. The standard InChI is InChI=1S/C15H17N3O2S/c1-10(2)14-17-18-15(21-14)16-13(19)8-7-11-5-4-6-12(9-11)20-3/h4-10H,1-3H3,(H,16,18,19)/b8-7+. The molecular formula is C15H17N3O2S. The van der Waals surface area contributed by atoms with Crippen LogP contribution in [0.25, 0.3) is 6.08 Å². The molecule has 21 heavy (non-hydrogen) atoms. The first-order valence-electron chi connectivity index (χ1n) is 6.55. The Labute approximate surface area is 127 Å². The average molecular weight is 303 g/mol. The fourth-order valence-electron chi connectivity index (χ4n) is 1.58. The highest BCUT2D eigenvalue weighted by molar-refractivity contribution is 7.15. The fourth-order valence-corrected chi connectivity index (χ4v) is 2.33. The van der Waals surface area contributed by atoms with E-state index >= 15 is 0 Å². The zero-order valence-corrected chi connectivity index (χ0v) is 13.0. The summed E-state index contributed by atoms with van der Waals surface area (Å²) in [5, 5.41) is 12.1. The number of carbonyl (C=O) groups excluding carboxylic acids is 1. The van der Waals surface area contributed by atoms with Gasteiger partial charge in [-0.15, -0.1) is 10.2 Å². The fraction of sp³-hybridized carbons (Fsp3) is 0.267. The second kappa shape index (κ2) is 6.99. The molecule has 0 aliphatic rings. The van der Waals surface area contributed by atoms with Crippen molar-refractivity contribution >= 4 is 28.5 Å². The number of rotatable bonds is 5. The number of hydrogen-bond donors (Lipinski definition) is 1. The number of nitrogens with one attached hydrogen (secondary N) is 1. The topological polar surface area (TPSA) is 64.1 Å². The van der Waals surface area contributed by atoms with Gasteiger partial charge in [0, 0.05) is 12.0 Å². The maximum Gasteiger partial charge on any atom is 0.250 e. The minimum absolute atomic E-state index is 0.232. The first-order valence-corrected chi connectivity index (χ1v) is 7.36. The van der Waals surface area contributed by atoms with E-state index in [0.717, 1.165) is 16.3 Å². The van der Waals surface area contributed by atoms with Crippen LogP contribution in [0.1, 0.15) is 30.3 Å². The molecule has 1 aromatic heterocycles. The molecule has 110 valence electrons. The lowest BCUT2D eigenvalue weighted by Gasteiger charge is -2.00. The number of nitrogens with zero attached hydrogens (tertiary/aromatic N) is 2. The summed E-state index contributed by atoms with van der Waals surface area (Å²) in [6.07, 6.45) is 3.19. The van der Waals surface area contributed by atoms with Crippen molar-refractivity contribution in [3.8, 4) is 5.75 Å². The van der Waals surface area contributed by atoms with Crippen LogP contribution in [0.2, 0.25) is 0 Å². The van der Waals surface area contributed by atoms with Gasteiger partial charge in [0.1, 0.15) is 10.8 Å². The third kappa shape index (κ3) is 4.39. The summed E-state index contributed by atoms with van der Waals surface area (Å²) in [4.78, 5) is 11.8. The molecule has 0 unspecified atom stereocenters. The molecule has 6 heteroatoms. The quantitative estimate of drug-likeness (QED) is 0.861. The first-order chi connectivity index (χ1) is 10.1. The van der Waals surface area contributed by atoms with Crippen LogP contribution in [-0.2, 0) is 4.79 Å². The highest BCUT2D eigenvalue weighted by Gasteiger charge is 2.08. The Morgan fingerprint density at radius 3 is 2.86 bits per heavy atom. The van der Waals surface area contributed by atoms with E-state index in [9.17, 15) is 4.79 Å². The van der Waals surface area contributed by atoms with Crippen LogP contribution in [0.15, 0.2) is 30.3 Å². The molecule has 0 radical (unpaired) electrons. The third-order valence-electron chi connectivity index (χ3n) is 2.69. The van der Waals surface area contributed by atoms with Gasteiger partial charge in [-0.05, 0) is 23.8 Å². The molecule has 0 saturated carbocycles. The molecule has 0 saturated heterocycles. The normalized spacial score (nSPS) is 11.0. The van der Waals surface area contributed by atoms with Crippen molar-refractivity contribution in [1.29, 1.82) is 0 Å². The lowest BCUT2D eigenvalue weighted by atomic mass is 10.2. The van der Waals surface area contributed by atoms with Gasteiger partial charge < -0.3 is 4.74 Å². The Morgan fingerprint density at radius 1 is 1.38 bits per heavy atom. The highest BCUT2D eigenvalue weighted by atomic mass is 32.1. The van der Waals surface area contributed by atoms with Crippen molar-refractivity contribution in [2.75, 3.05) is 12.4 Å². The summed E-state index contributed by atoms with van der Waals surface area (Å²) < 4.78 is 5.13. The van der Waals surface area contributed by atoms with Crippen molar-refractivity contribution in [2.24, 2.45) is 0 Å². The molecule has 0 bridgehead atoms. The van der Waals surface area contributed by atoms with Gasteiger partial charge in [-0.2, -0.15) is 0 Å². The van der Waals surface area contributed by atoms with Crippen LogP contribution in [0.5, 0.6) is 5.75 Å². The summed E-state index contributed by atoms with van der Waals surface area (Å²) in [7, 11) is 1.61. The second-order valence-corrected chi connectivity index (χ2v) is 5.71. The molecule has 1 amide bonds. The molecule has 2 rings (SSSR count). The predicted molar refractivity (Wildman–Crippen MR) is 84.7 cm³/mol. The molecule has 0 atom stereocenters. The van der Waals surface area contributed by atoms with E-state index in [2.05, 4.69) is 15.5 Å². The number of aromatic nitrogens is 2. The van der Waals surface area contributed by atoms with Gasteiger partial charge >= 0.3 is 0 Å². The molecular weight excluding hydrogens is 286 g/mol. The minimum atomic E-state index is -0.232. The SMILES string of the molecule is COc1cccc(/C=C/C(=O)Nc2nnc(C(C)C)s2)c1. The number of methoxy groups -OCH3 is 1. The molecule has 1 aromatic carbocycles. The number of anilines is 1. The molecule has 2 aromatic rings. The van der Waals surface area contributed by atoms with E-state index in [1.54, 1.807) is 13.2 Å². The van der Waals surface area contributed by atoms with E-state index < -0.39 is 0 Å². The van der Waals surface area contributed by atoms with E-state index in [0.29, 0.717) is 11.0 Å². The smallest absolute Gasteiger partial charge is 0.250 e. The van der Waals surface area contributed by atoms with Gasteiger partial charge in [0.05, 0.1) is 7.11 Å². The Balaban J connectivity index is 1.98. The van der Waals surface area contributed by atoms with Gasteiger partial charge in [0.25, 0.3) is 0 Å².